The number of nitrogens with zero attached hydrogens (tertiary/aromatic N) is 3. The van der Waals surface area contributed by atoms with Crippen molar-refractivity contribution in [1.29, 1.82) is 0 Å². The van der Waals surface area contributed by atoms with E-state index in [2.05, 4.69) is 15.3 Å². The molecule has 88 valence electrons. The molecule has 0 aliphatic carbocycles. The van der Waals surface area contributed by atoms with Crippen LogP contribution in [0.15, 0.2) is 28.9 Å². The van der Waals surface area contributed by atoms with Crippen molar-refractivity contribution in [3.63, 3.8) is 0 Å². The van der Waals surface area contributed by atoms with E-state index >= 15 is 0 Å². The summed E-state index contributed by atoms with van der Waals surface area (Å²) < 4.78 is 5.26. The smallest absolute Gasteiger partial charge is 0.363 e. The summed E-state index contributed by atoms with van der Waals surface area (Å²) in [6.45, 7) is 2.22. The van der Waals surface area contributed by atoms with E-state index in [4.69, 9.17) is 4.42 Å². The molecule has 2 aromatic rings. The molecule has 2 rings (SSSR count). The highest BCUT2D eigenvalue weighted by atomic mass is 16.6. The molecule has 2 heterocycles. The summed E-state index contributed by atoms with van der Waals surface area (Å²) in [7, 11) is 0. The van der Waals surface area contributed by atoms with Crippen LogP contribution in [-0.4, -0.2) is 14.9 Å². The van der Waals surface area contributed by atoms with E-state index in [-0.39, 0.29) is 5.82 Å². The Hall–Kier alpha value is -2.44. The Bertz CT molecular complexity index is 521. The van der Waals surface area contributed by atoms with E-state index < -0.39 is 4.92 Å². The number of aryl methyl sites for hydroxylation is 1. The summed E-state index contributed by atoms with van der Waals surface area (Å²) in [6, 6.07) is 2.92. The fourth-order valence-corrected chi connectivity index (χ4v) is 1.26. The second kappa shape index (κ2) is 4.60. The first kappa shape index (κ1) is 11.1. The third kappa shape index (κ3) is 2.77. The van der Waals surface area contributed by atoms with Crippen molar-refractivity contribution in [2.24, 2.45) is 0 Å². The van der Waals surface area contributed by atoms with Crippen molar-refractivity contribution in [3.8, 4) is 0 Å². The first-order valence-electron chi connectivity index (χ1n) is 4.91. The quantitative estimate of drug-likeness (QED) is 0.641. The Kier molecular flexibility index (Phi) is 2.99. The third-order valence-electron chi connectivity index (χ3n) is 2.05. The maximum Gasteiger partial charge on any atom is 0.363 e. The predicted molar refractivity (Wildman–Crippen MR) is 59.5 cm³/mol. The van der Waals surface area contributed by atoms with Crippen molar-refractivity contribution in [2.75, 3.05) is 5.32 Å². The van der Waals surface area contributed by atoms with Crippen LogP contribution >= 0.6 is 0 Å². The van der Waals surface area contributed by atoms with E-state index in [1.807, 2.05) is 6.92 Å². The fraction of sp³-hybridized carbons (Fsp3) is 0.200. The summed E-state index contributed by atoms with van der Waals surface area (Å²) in [4.78, 5) is 17.6. The first-order chi connectivity index (χ1) is 8.15. The van der Waals surface area contributed by atoms with Gasteiger partial charge in [0.1, 0.15) is 5.76 Å². The van der Waals surface area contributed by atoms with E-state index in [1.54, 1.807) is 12.3 Å². The summed E-state index contributed by atoms with van der Waals surface area (Å²) in [5.41, 5.74) is 0.673. The molecule has 0 aromatic carbocycles. The zero-order valence-electron chi connectivity index (χ0n) is 9.08. The van der Waals surface area contributed by atoms with E-state index in [0.717, 1.165) is 5.76 Å². The lowest BCUT2D eigenvalue weighted by Gasteiger charge is -2.00. The van der Waals surface area contributed by atoms with Crippen LogP contribution in [0.3, 0.4) is 0 Å². The Morgan fingerprint density at radius 3 is 2.76 bits per heavy atom. The Morgan fingerprint density at radius 2 is 2.24 bits per heavy atom. The maximum atomic E-state index is 10.4. The average Bonchev–Trinajstić information content (AvgIpc) is 2.73. The van der Waals surface area contributed by atoms with Crippen LogP contribution in [0.25, 0.3) is 0 Å². The Morgan fingerprint density at radius 1 is 1.41 bits per heavy atom. The highest BCUT2D eigenvalue weighted by Crippen LogP contribution is 2.12. The minimum Gasteiger partial charge on any atom is -0.444 e. The van der Waals surface area contributed by atoms with Crippen molar-refractivity contribution in [3.05, 3.63) is 46.3 Å². The van der Waals surface area contributed by atoms with Crippen LogP contribution in [0.2, 0.25) is 0 Å². The van der Waals surface area contributed by atoms with Gasteiger partial charge in [-0.05, 0) is 22.9 Å². The average molecular weight is 234 g/mol. The zero-order valence-corrected chi connectivity index (χ0v) is 9.08. The standard InChI is InChI=1S/C10H10N4O3/c1-7-4-13-10(17-7)6-11-8-2-3-9(12-5-8)14(15)16/h2-5,11H,6H2,1H3. The van der Waals surface area contributed by atoms with Crippen LogP contribution in [-0.2, 0) is 6.54 Å². The van der Waals surface area contributed by atoms with Crippen molar-refractivity contribution >= 4 is 11.5 Å². The summed E-state index contributed by atoms with van der Waals surface area (Å²) in [5.74, 6) is 1.12. The van der Waals surface area contributed by atoms with Gasteiger partial charge < -0.3 is 19.8 Å². The molecular weight excluding hydrogens is 224 g/mol. The molecule has 0 aliphatic rings. The molecule has 7 heteroatoms. The number of nitro groups is 1. The second-order valence-corrected chi connectivity index (χ2v) is 3.38. The fourth-order valence-electron chi connectivity index (χ4n) is 1.26. The van der Waals surface area contributed by atoms with Crippen molar-refractivity contribution in [2.45, 2.75) is 13.5 Å². The molecular formula is C10H10N4O3. The highest BCUT2D eigenvalue weighted by Gasteiger charge is 2.06. The van der Waals surface area contributed by atoms with Crippen LogP contribution in [0.5, 0.6) is 0 Å². The first-order valence-corrected chi connectivity index (χ1v) is 4.91. The molecule has 0 unspecified atom stereocenters. The number of aromatic nitrogens is 2. The molecule has 0 amide bonds. The number of hydrogen-bond donors (Lipinski definition) is 1. The molecule has 0 bridgehead atoms. The largest absolute Gasteiger partial charge is 0.444 e. The number of oxazole rings is 1. The van der Waals surface area contributed by atoms with Gasteiger partial charge in [-0.25, -0.2) is 4.98 Å². The van der Waals surface area contributed by atoms with Gasteiger partial charge in [0.2, 0.25) is 5.89 Å². The molecule has 0 aliphatic heterocycles. The molecule has 2 aromatic heterocycles. The number of rotatable bonds is 4. The molecule has 0 saturated heterocycles. The predicted octanol–water partition coefficient (Wildman–Crippen LogP) is 1.90. The molecule has 17 heavy (non-hydrogen) atoms. The van der Waals surface area contributed by atoms with Crippen molar-refractivity contribution in [1.82, 2.24) is 9.97 Å². The number of hydrogen-bond acceptors (Lipinski definition) is 6. The van der Waals surface area contributed by atoms with Crippen LogP contribution in [0.1, 0.15) is 11.7 Å². The van der Waals surface area contributed by atoms with Gasteiger partial charge in [-0.15, -0.1) is 0 Å². The number of pyridine rings is 1. The van der Waals surface area contributed by atoms with Crippen LogP contribution in [0, 0.1) is 17.0 Å². The Balaban J connectivity index is 1.97. The molecule has 0 saturated carbocycles. The minimum atomic E-state index is -0.540. The second-order valence-electron chi connectivity index (χ2n) is 3.38. The zero-order chi connectivity index (χ0) is 12.3. The highest BCUT2D eigenvalue weighted by molar-refractivity contribution is 5.43. The molecule has 0 atom stereocenters. The normalized spacial score (nSPS) is 10.2. The third-order valence-corrected chi connectivity index (χ3v) is 2.05. The lowest BCUT2D eigenvalue weighted by molar-refractivity contribution is -0.389. The minimum absolute atomic E-state index is 0.178. The number of anilines is 1. The van der Waals surface area contributed by atoms with Gasteiger partial charge in [-0.3, -0.25) is 0 Å². The van der Waals surface area contributed by atoms with Gasteiger partial charge in [-0.1, -0.05) is 0 Å². The van der Waals surface area contributed by atoms with Gasteiger partial charge in [0, 0.05) is 6.07 Å². The van der Waals surface area contributed by atoms with E-state index in [0.29, 0.717) is 18.1 Å². The molecule has 0 radical (unpaired) electrons. The SMILES string of the molecule is Cc1cnc(CNc2ccc([N+](=O)[O-])nc2)o1. The van der Waals surface area contributed by atoms with E-state index in [1.165, 1.54) is 12.3 Å². The van der Waals surface area contributed by atoms with Gasteiger partial charge in [0.05, 0.1) is 18.4 Å². The monoisotopic (exact) mass is 234 g/mol. The van der Waals surface area contributed by atoms with Crippen LogP contribution < -0.4 is 5.32 Å². The van der Waals surface area contributed by atoms with Gasteiger partial charge in [0.15, 0.2) is 6.20 Å². The summed E-state index contributed by atoms with van der Waals surface area (Å²) >= 11 is 0. The lowest BCUT2D eigenvalue weighted by atomic mass is 10.4. The van der Waals surface area contributed by atoms with Crippen LogP contribution in [0.4, 0.5) is 11.5 Å². The molecule has 7 nitrogen and oxygen atoms in total. The molecule has 1 N–H and O–H groups in total. The summed E-state index contributed by atoms with van der Waals surface area (Å²) in [6.07, 6.45) is 3.03. The maximum absolute atomic E-state index is 10.4. The number of nitrogens with one attached hydrogen (secondary N) is 1. The summed E-state index contributed by atoms with van der Waals surface area (Å²) in [5, 5.41) is 13.4. The van der Waals surface area contributed by atoms with Gasteiger partial charge in [0.25, 0.3) is 0 Å². The molecule has 0 fully saturated rings. The topological polar surface area (TPSA) is 94.1 Å². The lowest BCUT2D eigenvalue weighted by Crippen LogP contribution is -2.00. The van der Waals surface area contributed by atoms with Crippen molar-refractivity contribution < 1.29 is 9.34 Å². The van der Waals surface area contributed by atoms with E-state index in [9.17, 15) is 10.1 Å². The van der Waals surface area contributed by atoms with Gasteiger partial charge in [-0.2, -0.15) is 0 Å². The Labute approximate surface area is 96.7 Å². The van der Waals surface area contributed by atoms with Gasteiger partial charge >= 0.3 is 5.82 Å². The molecule has 0 spiro atoms.